The average Bonchev–Trinajstić information content (AvgIpc) is 2.75. The average molecular weight is 400 g/mol. The van der Waals surface area contributed by atoms with Gasteiger partial charge in [-0.05, 0) is 19.4 Å². The maximum atomic E-state index is 12.9. The number of hydrogen-bond donors (Lipinski definition) is 1. The van der Waals surface area contributed by atoms with E-state index in [-0.39, 0.29) is 18.4 Å². The number of carbonyl (C=O) groups is 2. The van der Waals surface area contributed by atoms with E-state index >= 15 is 0 Å². The highest BCUT2D eigenvalue weighted by molar-refractivity contribution is 5.87. The van der Waals surface area contributed by atoms with Crippen molar-refractivity contribution >= 4 is 11.8 Å². The van der Waals surface area contributed by atoms with Gasteiger partial charge in [-0.1, -0.05) is 29.8 Å². The summed E-state index contributed by atoms with van der Waals surface area (Å²) in [6.45, 7) is 3.78. The van der Waals surface area contributed by atoms with Crippen LogP contribution in [0.2, 0.25) is 0 Å². The summed E-state index contributed by atoms with van der Waals surface area (Å²) in [6, 6.07) is 12.2. The number of carbonyl (C=O) groups excluding carboxylic acids is 2. The van der Waals surface area contributed by atoms with Gasteiger partial charge in [0, 0.05) is 31.8 Å². The Morgan fingerprint density at radius 2 is 1.55 bits per heavy atom. The molecule has 1 N–H and O–H groups in total. The fourth-order valence-corrected chi connectivity index (χ4v) is 2.77. The van der Waals surface area contributed by atoms with Gasteiger partial charge in [-0.25, -0.2) is 0 Å². The normalized spacial score (nSPS) is 11.3. The van der Waals surface area contributed by atoms with Gasteiger partial charge in [0.05, 0.1) is 14.2 Å². The molecular weight excluding hydrogens is 372 g/mol. The third-order valence-corrected chi connectivity index (χ3v) is 4.57. The van der Waals surface area contributed by atoms with Gasteiger partial charge in [0.2, 0.25) is 5.91 Å². The van der Waals surface area contributed by atoms with Gasteiger partial charge in [-0.2, -0.15) is 0 Å². The molecule has 0 spiro atoms. The molecule has 29 heavy (non-hydrogen) atoms. The van der Waals surface area contributed by atoms with Crippen molar-refractivity contribution in [2.24, 2.45) is 0 Å². The van der Waals surface area contributed by atoms with Gasteiger partial charge < -0.3 is 24.4 Å². The molecule has 2 rings (SSSR count). The Bertz CT molecular complexity index is 813. The van der Waals surface area contributed by atoms with Gasteiger partial charge in [-0.3, -0.25) is 9.59 Å². The first kappa shape index (κ1) is 22.1. The van der Waals surface area contributed by atoms with Crippen molar-refractivity contribution in [2.45, 2.75) is 26.4 Å². The summed E-state index contributed by atoms with van der Waals surface area (Å²) in [5.41, 5.74) is 2.06. The quantitative estimate of drug-likeness (QED) is 0.700. The predicted molar refractivity (Wildman–Crippen MR) is 110 cm³/mol. The number of amides is 2. The van der Waals surface area contributed by atoms with E-state index in [1.54, 1.807) is 32.2 Å². The maximum Gasteiger partial charge on any atom is 0.261 e. The van der Waals surface area contributed by atoms with Gasteiger partial charge in [-0.15, -0.1) is 0 Å². The Morgan fingerprint density at radius 1 is 1.00 bits per heavy atom. The Balaban J connectivity index is 2.16. The maximum absolute atomic E-state index is 12.9. The van der Waals surface area contributed by atoms with E-state index in [4.69, 9.17) is 14.2 Å². The molecular formula is C22H28N2O5. The van der Waals surface area contributed by atoms with Crippen molar-refractivity contribution in [3.05, 3.63) is 53.6 Å². The van der Waals surface area contributed by atoms with Crippen molar-refractivity contribution in [3.63, 3.8) is 0 Å². The van der Waals surface area contributed by atoms with Crippen LogP contribution in [0.3, 0.4) is 0 Å². The smallest absolute Gasteiger partial charge is 0.261 e. The molecule has 0 saturated carbocycles. The lowest BCUT2D eigenvalue weighted by Crippen LogP contribution is -2.48. The molecule has 0 aliphatic rings. The van der Waals surface area contributed by atoms with E-state index < -0.39 is 6.04 Å². The first-order valence-corrected chi connectivity index (χ1v) is 9.30. The number of ether oxygens (including phenoxy) is 3. The van der Waals surface area contributed by atoms with Crippen LogP contribution in [0.15, 0.2) is 42.5 Å². The van der Waals surface area contributed by atoms with Crippen LogP contribution in [0.4, 0.5) is 0 Å². The summed E-state index contributed by atoms with van der Waals surface area (Å²) in [4.78, 5) is 26.6. The Hall–Kier alpha value is -3.22. The summed E-state index contributed by atoms with van der Waals surface area (Å²) in [7, 11) is 4.63. The summed E-state index contributed by atoms with van der Waals surface area (Å²) >= 11 is 0. The molecule has 0 radical (unpaired) electrons. The summed E-state index contributed by atoms with van der Waals surface area (Å²) in [5.74, 6) is 1.01. The Labute approximate surface area is 171 Å². The number of hydrogen-bond acceptors (Lipinski definition) is 5. The lowest BCUT2D eigenvalue weighted by Gasteiger charge is -2.28. The van der Waals surface area contributed by atoms with Crippen molar-refractivity contribution < 1.29 is 23.8 Å². The van der Waals surface area contributed by atoms with Gasteiger partial charge in [0.15, 0.2) is 6.61 Å². The molecule has 0 bridgehead atoms. The second-order valence-electron chi connectivity index (χ2n) is 6.63. The standard InChI is InChI=1S/C22H28N2O5/c1-15-6-8-17(9-7-15)13-24(16(2)22(26)23-3)21(25)14-29-20-11-18(27-4)10-19(12-20)28-5/h6-12,16H,13-14H2,1-5H3,(H,23,26). The molecule has 0 aliphatic heterocycles. The summed E-state index contributed by atoms with van der Waals surface area (Å²) in [5, 5.41) is 2.59. The number of nitrogens with one attached hydrogen (secondary N) is 1. The van der Waals surface area contributed by atoms with Gasteiger partial charge >= 0.3 is 0 Å². The highest BCUT2D eigenvalue weighted by atomic mass is 16.5. The monoisotopic (exact) mass is 400 g/mol. The molecule has 1 atom stereocenters. The van der Waals surface area contributed by atoms with Crippen LogP contribution in [0.1, 0.15) is 18.1 Å². The minimum atomic E-state index is -0.641. The number of likely N-dealkylation sites (N-methyl/N-ethyl adjacent to an activating group) is 1. The largest absolute Gasteiger partial charge is 0.496 e. The van der Waals surface area contributed by atoms with E-state index in [9.17, 15) is 9.59 Å². The van der Waals surface area contributed by atoms with Crippen LogP contribution in [0.5, 0.6) is 17.2 Å². The molecule has 2 amide bonds. The first-order chi connectivity index (χ1) is 13.9. The summed E-state index contributed by atoms with van der Waals surface area (Å²) < 4.78 is 16.1. The fraction of sp³-hybridized carbons (Fsp3) is 0.364. The number of methoxy groups -OCH3 is 2. The van der Waals surface area contributed by atoms with Gasteiger partial charge in [0.1, 0.15) is 23.3 Å². The van der Waals surface area contributed by atoms with Crippen LogP contribution < -0.4 is 19.5 Å². The number of benzene rings is 2. The van der Waals surface area contributed by atoms with E-state index in [0.29, 0.717) is 23.8 Å². The van der Waals surface area contributed by atoms with E-state index in [0.717, 1.165) is 11.1 Å². The Morgan fingerprint density at radius 3 is 2.07 bits per heavy atom. The number of aryl methyl sites for hydroxylation is 1. The number of rotatable bonds is 9. The molecule has 0 aliphatic carbocycles. The molecule has 156 valence electrons. The molecule has 7 heteroatoms. The van der Waals surface area contributed by atoms with E-state index in [1.807, 2.05) is 31.2 Å². The predicted octanol–water partition coefficient (Wildman–Crippen LogP) is 2.55. The minimum absolute atomic E-state index is 0.219. The molecule has 2 aromatic carbocycles. The first-order valence-electron chi connectivity index (χ1n) is 9.30. The van der Waals surface area contributed by atoms with Crippen LogP contribution in [-0.4, -0.2) is 50.6 Å². The molecule has 0 aromatic heterocycles. The van der Waals surface area contributed by atoms with Crippen molar-refractivity contribution in [1.29, 1.82) is 0 Å². The highest BCUT2D eigenvalue weighted by Crippen LogP contribution is 2.27. The third kappa shape index (κ3) is 6.14. The molecule has 0 fully saturated rings. The lowest BCUT2D eigenvalue weighted by atomic mass is 10.1. The lowest BCUT2D eigenvalue weighted by molar-refractivity contribution is -0.142. The van der Waals surface area contributed by atoms with Crippen LogP contribution in [0, 0.1) is 6.92 Å². The SMILES string of the molecule is CNC(=O)C(C)N(Cc1ccc(C)cc1)C(=O)COc1cc(OC)cc(OC)c1. The fourth-order valence-electron chi connectivity index (χ4n) is 2.77. The second-order valence-corrected chi connectivity index (χ2v) is 6.63. The van der Waals surface area contributed by atoms with Crippen molar-refractivity contribution in [1.82, 2.24) is 10.2 Å². The minimum Gasteiger partial charge on any atom is -0.496 e. The van der Waals surface area contributed by atoms with Crippen LogP contribution >= 0.6 is 0 Å². The molecule has 7 nitrogen and oxygen atoms in total. The van der Waals surface area contributed by atoms with E-state index in [2.05, 4.69) is 5.32 Å². The van der Waals surface area contributed by atoms with Crippen molar-refractivity contribution in [2.75, 3.05) is 27.9 Å². The second kappa shape index (κ2) is 10.4. The molecule has 0 heterocycles. The van der Waals surface area contributed by atoms with Crippen LogP contribution in [0.25, 0.3) is 0 Å². The number of nitrogens with zero attached hydrogens (tertiary/aromatic N) is 1. The zero-order valence-corrected chi connectivity index (χ0v) is 17.5. The third-order valence-electron chi connectivity index (χ3n) is 4.57. The Kier molecular flexibility index (Phi) is 7.88. The summed E-state index contributed by atoms with van der Waals surface area (Å²) in [6.07, 6.45) is 0. The zero-order valence-electron chi connectivity index (χ0n) is 17.5. The topological polar surface area (TPSA) is 77.1 Å². The highest BCUT2D eigenvalue weighted by Gasteiger charge is 2.26. The van der Waals surface area contributed by atoms with Crippen LogP contribution in [-0.2, 0) is 16.1 Å². The molecule has 1 unspecified atom stereocenters. The molecule has 2 aromatic rings. The van der Waals surface area contributed by atoms with Gasteiger partial charge in [0.25, 0.3) is 5.91 Å². The van der Waals surface area contributed by atoms with Crippen molar-refractivity contribution in [3.8, 4) is 17.2 Å². The zero-order chi connectivity index (χ0) is 21.4. The van der Waals surface area contributed by atoms with E-state index in [1.165, 1.54) is 19.1 Å². The molecule has 0 saturated heterocycles.